The van der Waals surface area contributed by atoms with Gasteiger partial charge >= 0.3 is 0 Å². The first-order chi connectivity index (χ1) is 11.5. The largest absolute Gasteiger partial charge is 0.269 e. The average molecular weight is 362 g/mol. The average Bonchev–Trinajstić information content (AvgIpc) is 2.54. The quantitative estimate of drug-likeness (QED) is 0.600. The summed E-state index contributed by atoms with van der Waals surface area (Å²) in [6.45, 7) is 6.58. The van der Waals surface area contributed by atoms with Crippen LogP contribution in [0.5, 0.6) is 0 Å². The zero-order valence-electron chi connectivity index (χ0n) is 14.8. The highest BCUT2D eigenvalue weighted by Gasteiger charge is 2.22. The molecule has 134 valence electrons. The van der Waals surface area contributed by atoms with Crippen LogP contribution in [-0.4, -0.2) is 24.7 Å². The summed E-state index contributed by atoms with van der Waals surface area (Å²) in [6.07, 6.45) is 0. The highest BCUT2D eigenvalue weighted by atomic mass is 32.2. The lowest BCUT2D eigenvalue weighted by molar-refractivity contribution is -0.384. The van der Waals surface area contributed by atoms with Crippen molar-refractivity contribution in [2.24, 2.45) is 0 Å². The van der Waals surface area contributed by atoms with Gasteiger partial charge in [0.15, 0.2) is 0 Å². The lowest BCUT2D eigenvalue weighted by Gasteiger charge is -2.20. The van der Waals surface area contributed by atoms with E-state index in [0.717, 1.165) is 5.56 Å². The second kappa shape index (κ2) is 6.93. The van der Waals surface area contributed by atoms with Gasteiger partial charge in [0.05, 0.1) is 9.82 Å². The second-order valence-corrected chi connectivity index (χ2v) is 9.00. The maximum atomic E-state index is 12.6. The number of nitro groups is 1. The minimum absolute atomic E-state index is 0.0342. The van der Waals surface area contributed by atoms with Gasteiger partial charge in [0.2, 0.25) is 10.0 Å². The fourth-order valence-corrected chi connectivity index (χ4v) is 3.53. The summed E-state index contributed by atoms with van der Waals surface area (Å²) in [7, 11) is -2.21. The first-order valence-electron chi connectivity index (χ1n) is 7.82. The van der Waals surface area contributed by atoms with Crippen LogP contribution in [0.3, 0.4) is 0 Å². The number of hydrogen-bond donors (Lipinski definition) is 0. The third kappa shape index (κ3) is 4.43. The van der Waals surface area contributed by atoms with Crippen LogP contribution in [0.25, 0.3) is 0 Å². The summed E-state index contributed by atoms with van der Waals surface area (Å²) >= 11 is 0. The van der Waals surface area contributed by atoms with Gasteiger partial charge in [-0.1, -0.05) is 45.0 Å². The predicted molar refractivity (Wildman–Crippen MR) is 96.9 cm³/mol. The molecule has 0 atom stereocenters. The van der Waals surface area contributed by atoms with Crippen LogP contribution in [0.1, 0.15) is 31.9 Å². The van der Waals surface area contributed by atoms with Crippen LogP contribution in [0.2, 0.25) is 0 Å². The maximum absolute atomic E-state index is 12.6. The second-order valence-electron chi connectivity index (χ2n) is 6.96. The van der Waals surface area contributed by atoms with E-state index < -0.39 is 14.9 Å². The molecule has 0 radical (unpaired) electrons. The van der Waals surface area contributed by atoms with Gasteiger partial charge < -0.3 is 0 Å². The van der Waals surface area contributed by atoms with E-state index in [2.05, 4.69) is 20.8 Å². The molecule has 25 heavy (non-hydrogen) atoms. The van der Waals surface area contributed by atoms with Crippen molar-refractivity contribution in [2.75, 3.05) is 7.05 Å². The Labute approximate surface area is 148 Å². The minimum atomic E-state index is -3.71. The number of benzene rings is 2. The zero-order chi connectivity index (χ0) is 18.8. The van der Waals surface area contributed by atoms with Crippen molar-refractivity contribution >= 4 is 15.7 Å². The van der Waals surface area contributed by atoms with E-state index in [1.165, 1.54) is 41.2 Å². The smallest absolute Gasteiger partial charge is 0.258 e. The molecular weight excluding hydrogens is 340 g/mol. The van der Waals surface area contributed by atoms with E-state index in [0.29, 0.717) is 0 Å². The first-order valence-corrected chi connectivity index (χ1v) is 9.26. The Morgan fingerprint density at radius 3 is 1.96 bits per heavy atom. The van der Waals surface area contributed by atoms with Crippen LogP contribution < -0.4 is 0 Å². The third-order valence-corrected chi connectivity index (χ3v) is 5.80. The molecule has 0 amide bonds. The fraction of sp³-hybridized carbons (Fsp3) is 0.333. The molecule has 0 aliphatic heterocycles. The summed E-state index contributed by atoms with van der Waals surface area (Å²) in [5.41, 5.74) is 1.95. The molecule has 0 heterocycles. The topological polar surface area (TPSA) is 80.5 Å². The monoisotopic (exact) mass is 362 g/mol. The van der Waals surface area contributed by atoms with Gasteiger partial charge in [0.25, 0.3) is 5.69 Å². The van der Waals surface area contributed by atoms with Crippen LogP contribution in [-0.2, 0) is 22.0 Å². The Morgan fingerprint density at radius 2 is 1.52 bits per heavy atom. The van der Waals surface area contributed by atoms with Gasteiger partial charge in [-0.25, -0.2) is 8.42 Å². The van der Waals surface area contributed by atoms with Gasteiger partial charge in [0.1, 0.15) is 0 Å². The van der Waals surface area contributed by atoms with E-state index >= 15 is 0 Å². The SMILES string of the molecule is CN(Cc1ccc(C(C)(C)C)cc1)S(=O)(=O)c1ccc([N+](=O)[O-])cc1. The van der Waals surface area contributed by atoms with E-state index in [4.69, 9.17) is 0 Å². The van der Waals surface area contributed by atoms with Gasteiger partial charge in [0, 0.05) is 25.7 Å². The molecular formula is C18H22N2O4S. The molecule has 2 rings (SSSR count). The molecule has 0 aromatic heterocycles. The lowest BCUT2D eigenvalue weighted by atomic mass is 9.87. The van der Waals surface area contributed by atoms with Crippen molar-refractivity contribution in [1.82, 2.24) is 4.31 Å². The van der Waals surface area contributed by atoms with Gasteiger partial charge in [-0.2, -0.15) is 4.31 Å². The Balaban J connectivity index is 2.18. The van der Waals surface area contributed by atoms with Crippen molar-refractivity contribution < 1.29 is 13.3 Å². The van der Waals surface area contributed by atoms with Crippen molar-refractivity contribution in [3.8, 4) is 0 Å². The number of sulfonamides is 1. The van der Waals surface area contributed by atoms with Crippen LogP contribution >= 0.6 is 0 Å². The number of hydrogen-bond acceptors (Lipinski definition) is 4. The zero-order valence-corrected chi connectivity index (χ0v) is 15.6. The maximum Gasteiger partial charge on any atom is 0.269 e. The van der Waals surface area contributed by atoms with E-state index in [1.807, 2.05) is 24.3 Å². The van der Waals surface area contributed by atoms with Gasteiger partial charge in [-0.15, -0.1) is 0 Å². The Hall–Kier alpha value is -2.25. The van der Waals surface area contributed by atoms with Crippen molar-refractivity contribution in [2.45, 2.75) is 37.6 Å². The molecule has 0 fully saturated rings. The Morgan fingerprint density at radius 1 is 1.00 bits per heavy atom. The summed E-state index contributed by atoms with van der Waals surface area (Å²) in [5, 5.41) is 10.7. The van der Waals surface area contributed by atoms with Crippen molar-refractivity contribution in [1.29, 1.82) is 0 Å². The Kier molecular flexibility index (Phi) is 5.29. The molecule has 6 nitrogen and oxygen atoms in total. The highest BCUT2D eigenvalue weighted by Crippen LogP contribution is 2.24. The summed E-state index contributed by atoms with van der Waals surface area (Å²) in [4.78, 5) is 10.2. The Bertz CT molecular complexity index is 851. The minimum Gasteiger partial charge on any atom is -0.258 e. The molecule has 0 aliphatic carbocycles. The molecule has 0 aliphatic rings. The molecule has 0 saturated carbocycles. The lowest BCUT2D eigenvalue weighted by Crippen LogP contribution is -2.26. The number of nitrogens with zero attached hydrogens (tertiary/aromatic N) is 2. The van der Waals surface area contributed by atoms with Crippen LogP contribution in [0.4, 0.5) is 5.69 Å². The number of nitro benzene ring substituents is 1. The van der Waals surface area contributed by atoms with Gasteiger partial charge in [-0.3, -0.25) is 10.1 Å². The van der Waals surface area contributed by atoms with Crippen molar-refractivity contribution in [3.05, 3.63) is 69.8 Å². The molecule has 0 saturated heterocycles. The summed E-state index contributed by atoms with van der Waals surface area (Å²) < 4.78 is 26.4. The van der Waals surface area contributed by atoms with Crippen LogP contribution in [0.15, 0.2) is 53.4 Å². The van der Waals surface area contributed by atoms with Crippen molar-refractivity contribution in [3.63, 3.8) is 0 Å². The third-order valence-electron chi connectivity index (χ3n) is 3.98. The molecule has 0 bridgehead atoms. The van der Waals surface area contributed by atoms with Gasteiger partial charge in [-0.05, 0) is 28.7 Å². The standard InChI is InChI=1S/C18H22N2O4S/c1-18(2,3)15-7-5-14(6-8-15)13-19(4)25(23,24)17-11-9-16(10-12-17)20(21)22/h5-12H,13H2,1-4H3. The summed E-state index contributed by atoms with van der Waals surface area (Å²) in [5.74, 6) is 0. The molecule has 2 aromatic carbocycles. The number of rotatable bonds is 5. The molecule has 0 unspecified atom stereocenters. The summed E-state index contributed by atoms with van der Waals surface area (Å²) in [6, 6.07) is 12.7. The molecule has 2 aromatic rings. The van der Waals surface area contributed by atoms with E-state index in [-0.39, 0.29) is 22.5 Å². The first kappa shape index (κ1) is 19.1. The number of non-ortho nitro benzene ring substituents is 1. The molecule has 0 N–H and O–H groups in total. The highest BCUT2D eigenvalue weighted by molar-refractivity contribution is 7.89. The molecule has 7 heteroatoms. The predicted octanol–water partition coefficient (Wildman–Crippen LogP) is 3.71. The van der Waals surface area contributed by atoms with E-state index in [9.17, 15) is 18.5 Å². The normalized spacial score (nSPS) is 12.4. The fourth-order valence-electron chi connectivity index (χ4n) is 2.37. The van der Waals surface area contributed by atoms with Crippen LogP contribution in [0, 0.1) is 10.1 Å². The molecule has 0 spiro atoms. The van der Waals surface area contributed by atoms with E-state index in [1.54, 1.807) is 0 Å².